The fraction of sp³-hybridized carbons (Fsp3) is 0.409. The Hall–Kier alpha value is -2.80. The van der Waals surface area contributed by atoms with Gasteiger partial charge in [0, 0.05) is 24.7 Å². The van der Waals surface area contributed by atoms with Gasteiger partial charge < -0.3 is 14.4 Å². The van der Waals surface area contributed by atoms with Gasteiger partial charge in [0.15, 0.2) is 6.61 Å². The quantitative estimate of drug-likeness (QED) is 0.495. The van der Waals surface area contributed by atoms with E-state index in [4.69, 9.17) is 21.1 Å². The number of hydrogen-bond donors (Lipinski definition) is 0. The van der Waals surface area contributed by atoms with Crippen molar-refractivity contribution in [3.63, 3.8) is 0 Å². The Morgan fingerprint density at radius 1 is 1.23 bits per heavy atom. The number of hydrogen-bond acceptors (Lipinski definition) is 5. The van der Waals surface area contributed by atoms with Crippen LogP contribution in [-0.2, 0) is 20.9 Å². The second-order valence-electron chi connectivity index (χ2n) is 7.18. The standard InChI is InChI=1S/C22H26ClN3O4/c1-16-19(9-10-21(28)30-15-20(27)25-11-4-3-5-12-25)22(23)26(24-16)14-17-7-6-8-18(13-17)29-2/h6-10,13H,3-5,11-12,14-15H2,1-2H3/b10-9+. The number of likely N-dealkylation sites (tertiary alicyclic amines) is 1. The molecule has 7 nitrogen and oxygen atoms in total. The molecule has 2 heterocycles. The molecule has 160 valence electrons. The molecular formula is C22H26ClN3O4. The smallest absolute Gasteiger partial charge is 0.331 e. The molecule has 3 rings (SSSR count). The lowest BCUT2D eigenvalue weighted by molar-refractivity contribution is -0.148. The van der Waals surface area contributed by atoms with E-state index in [0.717, 1.165) is 43.7 Å². The molecule has 0 unspecified atom stereocenters. The normalized spacial score (nSPS) is 14.2. The predicted molar refractivity (Wildman–Crippen MR) is 114 cm³/mol. The maximum atomic E-state index is 12.1. The highest BCUT2D eigenvalue weighted by Crippen LogP contribution is 2.23. The minimum absolute atomic E-state index is 0.156. The summed E-state index contributed by atoms with van der Waals surface area (Å²) in [6.07, 6.45) is 5.97. The van der Waals surface area contributed by atoms with E-state index >= 15 is 0 Å². The van der Waals surface area contributed by atoms with E-state index in [1.807, 2.05) is 31.2 Å². The van der Waals surface area contributed by atoms with Crippen LogP contribution in [0.4, 0.5) is 0 Å². The predicted octanol–water partition coefficient (Wildman–Crippen LogP) is 3.47. The van der Waals surface area contributed by atoms with Gasteiger partial charge in [0.25, 0.3) is 5.91 Å². The summed E-state index contributed by atoms with van der Waals surface area (Å²) in [5.41, 5.74) is 2.32. The Morgan fingerprint density at radius 3 is 2.73 bits per heavy atom. The summed E-state index contributed by atoms with van der Waals surface area (Å²) in [6, 6.07) is 7.65. The van der Waals surface area contributed by atoms with E-state index in [1.54, 1.807) is 22.8 Å². The Morgan fingerprint density at radius 2 is 2.00 bits per heavy atom. The van der Waals surface area contributed by atoms with Crippen LogP contribution in [0.1, 0.15) is 36.1 Å². The average molecular weight is 432 g/mol. The van der Waals surface area contributed by atoms with Crippen LogP contribution < -0.4 is 4.74 Å². The molecule has 1 aromatic heterocycles. The Labute approximate surface area is 181 Å². The number of esters is 1. The molecule has 0 bridgehead atoms. The minimum Gasteiger partial charge on any atom is -0.497 e. The molecule has 30 heavy (non-hydrogen) atoms. The first-order valence-corrected chi connectivity index (χ1v) is 10.3. The van der Waals surface area contributed by atoms with E-state index in [9.17, 15) is 9.59 Å². The Balaban J connectivity index is 1.59. The zero-order valence-corrected chi connectivity index (χ0v) is 18.0. The van der Waals surface area contributed by atoms with Crippen molar-refractivity contribution in [1.29, 1.82) is 0 Å². The molecule has 1 fully saturated rings. The number of rotatable bonds is 7. The molecule has 0 aliphatic carbocycles. The van der Waals surface area contributed by atoms with Crippen molar-refractivity contribution in [2.45, 2.75) is 32.7 Å². The highest BCUT2D eigenvalue weighted by Gasteiger charge is 2.17. The molecular weight excluding hydrogens is 406 g/mol. The Bertz CT molecular complexity index is 932. The summed E-state index contributed by atoms with van der Waals surface area (Å²) in [4.78, 5) is 25.9. The van der Waals surface area contributed by atoms with Crippen LogP contribution in [0.5, 0.6) is 5.75 Å². The third-order valence-electron chi connectivity index (χ3n) is 5.01. The highest BCUT2D eigenvalue weighted by atomic mass is 35.5. The van der Waals surface area contributed by atoms with Crippen molar-refractivity contribution in [3.8, 4) is 5.75 Å². The summed E-state index contributed by atoms with van der Waals surface area (Å²) in [5, 5.41) is 4.87. The van der Waals surface area contributed by atoms with Gasteiger partial charge in [0.2, 0.25) is 0 Å². The molecule has 0 atom stereocenters. The average Bonchev–Trinajstić information content (AvgIpc) is 3.03. The second-order valence-corrected chi connectivity index (χ2v) is 7.54. The number of halogens is 1. The number of ether oxygens (including phenoxy) is 2. The molecule has 0 radical (unpaired) electrons. The van der Waals surface area contributed by atoms with Crippen molar-refractivity contribution in [2.75, 3.05) is 26.8 Å². The van der Waals surface area contributed by atoms with Gasteiger partial charge in [-0.05, 0) is 50.0 Å². The number of carbonyl (C=O) groups is 2. The van der Waals surface area contributed by atoms with Crippen LogP contribution in [-0.4, -0.2) is 53.4 Å². The summed E-state index contributed by atoms with van der Waals surface area (Å²) in [7, 11) is 1.62. The molecule has 1 aromatic carbocycles. The Kier molecular flexibility index (Phi) is 7.52. The van der Waals surface area contributed by atoms with Gasteiger partial charge in [-0.3, -0.25) is 4.79 Å². The van der Waals surface area contributed by atoms with Gasteiger partial charge in [-0.25, -0.2) is 9.48 Å². The van der Waals surface area contributed by atoms with Crippen LogP contribution >= 0.6 is 11.6 Å². The number of aromatic nitrogens is 2. The SMILES string of the molecule is COc1cccc(Cn2nc(C)c(/C=C/C(=O)OCC(=O)N3CCCCC3)c2Cl)c1. The van der Waals surface area contributed by atoms with Crippen LogP contribution in [0.3, 0.4) is 0 Å². The van der Waals surface area contributed by atoms with Crippen LogP contribution in [0.2, 0.25) is 5.15 Å². The number of amides is 1. The lowest BCUT2D eigenvalue weighted by Crippen LogP contribution is -2.38. The largest absolute Gasteiger partial charge is 0.497 e. The van der Waals surface area contributed by atoms with Crippen molar-refractivity contribution in [3.05, 3.63) is 52.3 Å². The number of piperidine rings is 1. The molecule has 0 spiro atoms. The van der Waals surface area contributed by atoms with E-state index in [2.05, 4.69) is 5.10 Å². The molecule has 1 aliphatic rings. The third kappa shape index (κ3) is 5.63. The van der Waals surface area contributed by atoms with E-state index < -0.39 is 5.97 Å². The minimum atomic E-state index is -0.587. The lowest BCUT2D eigenvalue weighted by atomic mass is 10.1. The molecule has 1 aliphatic heterocycles. The molecule has 0 N–H and O–H groups in total. The highest BCUT2D eigenvalue weighted by molar-refractivity contribution is 6.31. The molecule has 1 saturated heterocycles. The van der Waals surface area contributed by atoms with Crippen LogP contribution in [0.25, 0.3) is 6.08 Å². The maximum absolute atomic E-state index is 12.1. The molecule has 8 heteroatoms. The summed E-state index contributed by atoms with van der Waals surface area (Å²) in [5.74, 6) is 0.0163. The van der Waals surface area contributed by atoms with Gasteiger partial charge in [0.05, 0.1) is 19.3 Å². The first-order chi connectivity index (χ1) is 14.5. The molecule has 2 aromatic rings. The zero-order chi connectivity index (χ0) is 21.5. The lowest BCUT2D eigenvalue weighted by Gasteiger charge is -2.26. The number of benzene rings is 1. The van der Waals surface area contributed by atoms with E-state index in [-0.39, 0.29) is 12.5 Å². The van der Waals surface area contributed by atoms with Crippen molar-refractivity contribution in [2.24, 2.45) is 0 Å². The van der Waals surface area contributed by atoms with E-state index in [1.165, 1.54) is 6.08 Å². The van der Waals surface area contributed by atoms with Gasteiger partial charge in [0.1, 0.15) is 10.9 Å². The van der Waals surface area contributed by atoms with Crippen molar-refractivity contribution < 1.29 is 19.1 Å². The molecule has 1 amide bonds. The monoisotopic (exact) mass is 431 g/mol. The zero-order valence-electron chi connectivity index (χ0n) is 17.3. The fourth-order valence-corrected chi connectivity index (χ4v) is 3.67. The van der Waals surface area contributed by atoms with Gasteiger partial charge in [-0.1, -0.05) is 23.7 Å². The first-order valence-electron chi connectivity index (χ1n) is 9.96. The maximum Gasteiger partial charge on any atom is 0.331 e. The summed E-state index contributed by atoms with van der Waals surface area (Å²) < 4.78 is 12.0. The fourth-order valence-electron chi connectivity index (χ4n) is 3.37. The first kappa shape index (κ1) is 21.9. The number of carbonyl (C=O) groups excluding carboxylic acids is 2. The van der Waals surface area contributed by atoms with Crippen molar-refractivity contribution in [1.82, 2.24) is 14.7 Å². The van der Waals surface area contributed by atoms with Crippen LogP contribution in [0, 0.1) is 6.92 Å². The second kappa shape index (κ2) is 10.3. The van der Waals surface area contributed by atoms with E-state index in [0.29, 0.717) is 23.0 Å². The van der Waals surface area contributed by atoms with Crippen molar-refractivity contribution >= 4 is 29.6 Å². The van der Waals surface area contributed by atoms with Gasteiger partial charge in [-0.2, -0.15) is 5.10 Å². The summed E-state index contributed by atoms with van der Waals surface area (Å²) in [6.45, 7) is 3.50. The summed E-state index contributed by atoms with van der Waals surface area (Å²) >= 11 is 6.47. The van der Waals surface area contributed by atoms with Crippen LogP contribution in [0.15, 0.2) is 30.3 Å². The third-order valence-corrected chi connectivity index (χ3v) is 5.41. The molecule has 0 saturated carbocycles. The topological polar surface area (TPSA) is 73.7 Å². The number of methoxy groups -OCH3 is 1. The van der Waals surface area contributed by atoms with Gasteiger partial charge in [-0.15, -0.1) is 0 Å². The van der Waals surface area contributed by atoms with Gasteiger partial charge >= 0.3 is 5.97 Å². The number of nitrogens with zero attached hydrogens (tertiary/aromatic N) is 3. The number of aryl methyl sites for hydroxylation is 1.